The van der Waals surface area contributed by atoms with Gasteiger partial charge in [-0.3, -0.25) is 4.79 Å². The summed E-state index contributed by atoms with van der Waals surface area (Å²) in [6.07, 6.45) is -2.12. The van der Waals surface area contributed by atoms with E-state index in [1.165, 1.54) is 0 Å². The number of alkyl halides is 4. The van der Waals surface area contributed by atoms with Crippen molar-refractivity contribution in [3.8, 4) is 0 Å². The Labute approximate surface area is 116 Å². The van der Waals surface area contributed by atoms with E-state index in [1.54, 1.807) is 0 Å². The van der Waals surface area contributed by atoms with E-state index in [1.807, 2.05) is 0 Å². The molecule has 0 atom stereocenters. The van der Waals surface area contributed by atoms with E-state index in [0.29, 0.717) is 5.56 Å². The molecule has 2 rings (SSSR count). The van der Waals surface area contributed by atoms with Crippen LogP contribution in [-0.4, -0.2) is 24.8 Å². The lowest BCUT2D eigenvalue weighted by atomic mass is 10.1. The van der Waals surface area contributed by atoms with Crippen molar-refractivity contribution >= 4 is 27.9 Å². The number of carbonyl (C=O) groups excluding carboxylic acids is 1. The van der Waals surface area contributed by atoms with Crippen LogP contribution in [0, 0.1) is 0 Å². The second-order valence-corrected chi connectivity index (χ2v) is 5.66. The molecule has 4 nitrogen and oxygen atoms in total. The number of nitrogens with one attached hydrogen (secondary N) is 1. The normalized spacial score (nSPS) is 15.7. The fourth-order valence-corrected chi connectivity index (χ4v) is 2.88. The zero-order chi connectivity index (χ0) is 15.1. The molecule has 1 aliphatic rings. The average molecular weight is 311 g/mol. The molecule has 5 N–H and O–H groups in total. The molecule has 0 radical (unpaired) electrons. The summed E-state index contributed by atoms with van der Waals surface area (Å²) < 4.78 is 50.1. The number of rotatable bonds is 6. The number of anilines is 2. The van der Waals surface area contributed by atoms with Gasteiger partial charge in [-0.25, -0.2) is 8.78 Å². The fraction of sp³-hybridized carbons (Fsp3) is 0.545. The number of nitrogen functional groups attached to an aromatic ring is 1. The Morgan fingerprint density at radius 1 is 1.45 bits per heavy atom. The summed E-state index contributed by atoms with van der Waals surface area (Å²) in [5.41, 5.74) is 11.6. The second-order valence-electron chi connectivity index (χ2n) is 4.64. The van der Waals surface area contributed by atoms with Crippen molar-refractivity contribution in [2.24, 2.45) is 5.73 Å². The number of hydrogen-bond donors (Lipinski definition) is 3. The third-order valence-corrected chi connectivity index (χ3v) is 4.19. The number of nitrogens with two attached hydrogens (primary N) is 2. The van der Waals surface area contributed by atoms with Gasteiger partial charge in [0.1, 0.15) is 4.88 Å². The van der Waals surface area contributed by atoms with Crippen molar-refractivity contribution in [3.63, 3.8) is 0 Å². The summed E-state index contributed by atoms with van der Waals surface area (Å²) in [6.45, 7) is -1.22. The van der Waals surface area contributed by atoms with Crippen molar-refractivity contribution in [3.05, 3.63) is 10.4 Å². The maximum absolute atomic E-state index is 12.9. The Bertz CT molecular complexity index is 528. The van der Waals surface area contributed by atoms with Crippen LogP contribution >= 0.6 is 11.3 Å². The molecule has 1 amide bonds. The van der Waals surface area contributed by atoms with Gasteiger partial charge < -0.3 is 16.8 Å². The van der Waals surface area contributed by atoms with Gasteiger partial charge in [-0.15, -0.1) is 11.3 Å². The molecular weight excluding hydrogens is 298 g/mol. The van der Waals surface area contributed by atoms with Crippen molar-refractivity contribution in [2.45, 2.75) is 31.1 Å². The Morgan fingerprint density at radius 3 is 2.50 bits per heavy atom. The molecule has 0 aliphatic heterocycles. The molecule has 0 bridgehead atoms. The van der Waals surface area contributed by atoms with Gasteiger partial charge in [0, 0.05) is 5.56 Å². The lowest BCUT2D eigenvalue weighted by Crippen LogP contribution is -2.34. The lowest BCUT2D eigenvalue weighted by molar-refractivity contribution is -0.117. The third kappa shape index (κ3) is 2.82. The predicted octanol–water partition coefficient (Wildman–Crippen LogP) is 2.62. The minimum absolute atomic E-state index is 0.0646. The van der Waals surface area contributed by atoms with Crippen molar-refractivity contribution in [2.75, 3.05) is 17.6 Å². The highest BCUT2D eigenvalue weighted by Gasteiger charge is 2.41. The van der Waals surface area contributed by atoms with Gasteiger partial charge in [-0.1, -0.05) is 0 Å². The topological polar surface area (TPSA) is 81.1 Å². The molecular formula is C11H13F4N3OS. The van der Waals surface area contributed by atoms with Gasteiger partial charge in [0.25, 0.3) is 5.91 Å². The first-order chi connectivity index (χ1) is 9.24. The largest absolute Gasteiger partial charge is 0.397 e. The SMILES string of the molecule is NC(=O)c1sc(NCC(F)(F)C(F)F)c(C2CC2)c1N. The van der Waals surface area contributed by atoms with Crippen LogP contribution in [0.3, 0.4) is 0 Å². The number of primary amides is 1. The van der Waals surface area contributed by atoms with Gasteiger partial charge in [0.15, 0.2) is 0 Å². The lowest BCUT2D eigenvalue weighted by Gasteiger charge is -2.16. The third-order valence-electron chi connectivity index (χ3n) is 3.00. The summed E-state index contributed by atoms with van der Waals surface area (Å²) in [5.74, 6) is -4.84. The van der Waals surface area contributed by atoms with Gasteiger partial charge in [-0.05, 0) is 18.8 Å². The molecule has 112 valence electrons. The van der Waals surface area contributed by atoms with Crippen LogP contribution in [0.4, 0.5) is 28.3 Å². The summed E-state index contributed by atoms with van der Waals surface area (Å²) >= 11 is 0.826. The fourth-order valence-electron chi connectivity index (χ4n) is 1.82. The highest BCUT2D eigenvalue weighted by atomic mass is 32.1. The molecule has 1 aromatic heterocycles. The molecule has 1 saturated carbocycles. The molecule has 1 aliphatic carbocycles. The minimum atomic E-state index is -4.15. The number of carbonyl (C=O) groups is 1. The number of halogens is 4. The molecule has 20 heavy (non-hydrogen) atoms. The molecule has 1 aromatic rings. The van der Waals surface area contributed by atoms with Crippen LogP contribution in [0.1, 0.15) is 34.0 Å². The highest BCUT2D eigenvalue weighted by molar-refractivity contribution is 7.18. The zero-order valence-corrected chi connectivity index (χ0v) is 11.1. The molecule has 1 fully saturated rings. The van der Waals surface area contributed by atoms with Crippen molar-refractivity contribution in [1.82, 2.24) is 0 Å². The quantitative estimate of drug-likeness (QED) is 0.706. The Balaban J connectivity index is 2.23. The molecule has 1 heterocycles. The van der Waals surface area contributed by atoms with Gasteiger partial charge in [0.2, 0.25) is 0 Å². The Hall–Kier alpha value is -1.51. The van der Waals surface area contributed by atoms with Gasteiger partial charge in [0.05, 0.1) is 17.2 Å². The predicted molar refractivity (Wildman–Crippen MR) is 68.7 cm³/mol. The zero-order valence-electron chi connectivity index (χ0n) is 10.3. The van der Waals surface area contributed by atoms with E-state index in [4.69, 9.17) is 11.5 Å². The maximum Gasteiger partial charge on any atom is 0.324 e. The van der Waals surface area contributed by atoms with Crippen molar-refractivity contribution < 1.29 is 22.4 Å². The van der Waals surface area contributed by atoms with Crippen LogP contribution in [0.5, 0.6) is 0 Å². The molecule has 0 saturated heterocycles. The minimum Gasteiger partial charge on any atom is -0.397 e. The molecule has 0 spiro atoms. The van der Waals surface area contributed by atoms with Crippen LogP contribution in [0.2, 0.25) is 0 Å². The second kappa shape index (κ2) is 5.12. The number of hydrogen-bond acceptors (Lipinski definition) is 4. The molecule has 0 unspecified atom stereocenters. The summed E-state index contributed by atoms with van der Waals surface area (Å²) in [6, 6.07) is 0. The average Bonchev–Trinajstić information content (AvgIpc) is 3.11. The standard InChI is InChI=1S/C11H13F4N3OS/c12-10(13)11(14,15)3-18-9-5(4-1-2-4)6(16)7(20-9)8(17)19/h4,10,18H,1-3,16H2,(H2,17,19). The smallest absolute Gasteiger partial charge is 0.324 e. The van der Waals surface area contributed by atoms with Crippen LogP contribution in [-0.2, 0) is 0 Å². The van der Waals surface area contributed by atoms with Crippen molar-refractivity contribution in [1.29, 1.82) is 0 Å². The van der Waals surface area contributed by atoms with Gasteiger partial charge >= 0.3 is 12.3 Å². The Morgan fingerprint density at radius 2 is 2.05 bits per heavy atom. The first kappa shape index (κ1) is 14.9. The van der Waals surface area contributed by atoms with E-state index >= 15 is 0 Å². The summed E-state index contributed by atoms with van der Waals surface area (Å²) in [5, 5.41) is 2.49. The summed E-state index contributed by atoms with van der Waals surface area (Å²) in [7, 11) is 0. The molecule has 9 heteroatoms. The summed E-state index contributed by atoms with van der Waals surface area (Å²) in [4.78, 5) is 11.3. The van der Waals surface area contributed by atoms with Crippen LogP contribution < -0.4 is 16.8 Å². The van der Waals surface area contributed by atoms with E-state index in [9.17, 15) is 22.4 Å². The first-order valence-electron chi connectivity index (χ1n) is 5.86. The number of amides is 1. The molecule has 0 aromatic carbocycles. The van der Waals surface area contributed by atoms with E-state index in [2.05, 4.69) is 5.32 Å². The highest BCUT2D eigenvalue weighted by Crippen LogP contribution is 2.50. The van der Waals surface area contributed by atoms with Crippen LogP contribution in [0.15, 0.2) is 0 Å². The van der Waals surface area contributed by atoms with Crippen LogP contribution in [0.25, 0.3) is 0 Å². The Kier molecular flexibility index (Phi) is 3.81. The first-order valence-corrected chi connectivity index (χ1v) is 6.67. The van der Waals surface area contributed by atoms with E-state index in [0.717, 1.165) is 24.2 Å². The van der Waals surface area contributed by atoms with E-state index < -0.39 is 24.8 Å². The monoisotopic (exact) mass is 311 g/mol. The van der Waals surface area contributed by atoms with Gasteiger partial charge in [-0.2, -0.15) is 8.78 Å². The van der Waals surface area contributed by atoms with E-state index in [-0.39, 0.29) is 21.5 Å². The number of thiophene rings is 1. The maximum atomic E-state index is 12.9.